The van der Waals surface area contributed by atoms with Gasteiger partial charge in [-0.15, -0.1) is 23.7 Å². The van der Waals surface area contributed by atoms with Crippen molar-refractivity contribution in [1.82, 2.24) is 4.98 Å². The number of pyridine rings is 1. The van der Waals surface area contributed by atoms with Crippen molar-refractivity contribution in [1.29, 1.82) is 0 Å². The fourth-order valence-corrected chi connectivity index (χ4v) is 4.77. The van der Waals surface area contributed by atoms with Crippen LogP contribution in [0.5, 0.6) is 5.75 Å². The molecule has 0 bridgehead atoms. The van der Waals surface area contributed by atoms with E-state index in [-0.39, 0.29) is 18.0 Å². The third-order valence-corrected chi connectivity index (χ3v) is 6.38. The average molecular weight is 429 g/mol. The third-order valence-electron chi connectivity index (χ3n) is 5.46. The Kier molecular flexibility index (Phi) is 6.32. The van der Waals surface area contributed by atoms with Crippen LogP contribution < -0.4 is 16.0 Å². The SMILES string of the molecule is COc1ccc2[nH]c(=O)c3sccc3c2c1-c1ccc(C(CN)C(C)C)cc1.Cl. The number of halogens is 1. The number of hydrogen-bond donors (Lipinski definition) is 2. The summed E-state index contributed by atoms with van der Waals surface area (Å²) in [5, 5.41) is 3.94. The first-order chi connectivity index (χ1) is 13.5. The summed E-state index contributed by atoms with van der Waals surface area (Å²) in [4.78, 5) is 15.4. The predicted octanol–water partition coefficient (Wildman–Crippen LogP) is 5.54. The number of ether oxygens (including phenoxy) is 1. The smallest absolute Gasteiger partial charge is 0.266 e. The summed E-state index contributed by atoms with van der Waals surface area (Å²) in [7, 11) is 1.68. The molecular formula is C23H25ClN2O2S. The molecule has 2 heterocycles. The molecule has 2 aromatic heterocycles. The monoisotopic (exact) mass is 428 g/mol. The number of thiophene rings is 1. The molecule has 4 rings (SSSR count). The van der Waals surface area contributed by atoms with Crippen LogP contribution in [0.15, 0.2) is 52.6 Å². The molecule has 0 aliphatic rings. The van der Waals surface area contributed by atoms with E-state index in [9.17, 15) is 4.79 Å². The largest absolute Gasteiger partial charge is 0.496 e. The number of nitrogens with one attached hydrogen (secondary N) is 1. The zero-order chi connectivity index (χ0) is 19.8. The van der Waals surface area contributed by atoms with Crippen LogP contribution in [0.3, 0.4) is 0 Å². The Morgan fingerprint density at radius 1 is 1.10 bits per heavy atom. The van der Waals surface area contributed by atoms with Crippen molar-refractivity contribution in [2.75, 3.05) is 13.7 Å². The molecule has 6 heteroatoms. The molecule has 0 fully saturated rings. The van der Waals surface area contributed by atoms with Crippen molar-refractivity contribution in [3.63, 3.8) is 0 Å². The van der Waals surface area contributed by atoms with Gasteiger partial charge >= 0.3 is 0 Å². The van der Waals surface area contributed by atoms with Crippen molar-refractivity contribution in [2.45, 2.75) is 19.8 Å². The summed E-state index contributed by atoms with van der Waals surface area (Å²) >= 11 is 1.46. The van der Waals surface area contributed by atoms with Crippen LogP contribution in [0.1, 0.15) is 25.3 Å². The first-order valence-corrected chi connectivity index (χ1v) is 10.3. The molecule has 0 aliphatic carbocycles. The number of methoxy groups -OCH3 is 1. The Labute approximate surface area is 180 Å². The van der Waals surface area contributed by atoms with E-state index in [1.54, 1.807) is 7.11 Å². The van der Waals surface area contributed by atoms with E-state index in [4.69, 9.17) is 10.5 Å². The third kappa shape index (κ3) is 3.66. The number of hydrogen-bond acceptors (Lipinski definition) is 4. The van der Waals surface area contributed by atoms with Crippen molar-refractivity contribution in [3.8, 4) is 16.9 Å². The maximum atomic E-state index is 12.4. The molecule has 1 atom stereocenters. The van der Waals surface area contributed by atoms with Gasteiger partial charge in [0.05, 0.1) is 7.11 Å². The van der Waals surface area contributed by atoms with Crippen molar-refractivity contribution in [3.05, 3.63) is 63.8 Å². The number of aromatic amines is 1. The second kappa shape index (κ2) is 8.57. The number of H-pyrrole nitrogens is 1. The highest BCUT2D eigenvalue weighted by atomic mass is 35.5. The van der Waals surface area contributed by atoms with Crippen LogP contribution in [0.25, 0.3) is 32.1 Å². The summed E-state index contributed by atoms with van der Waals surface area (Å²) in [6, 6.07) is 14.4. The maximum absolute atomic E-state index is 12.4. The van der Waals surface area contributed by atoms with Gasteiger partial charge in [0.2, 0.25) is 0 Å². The Morgan fingerprint density at radius 2 is 1.83 bits per heavy atom. The summed E-state index contributed by atoms with van der Waals surface area (Å²) in [6.45, 7) is 5.02. The molecule has 152 valence electrons. The lowest BCUT2D eigenvalue weighted by Gasteiger charge is -2.20. The molecule has 0 amide bonds. The van der Waals surface area contributed by atoms with E-state index in [0.29, 0.717) is 18.4 Å². The van der Waals surface area contributed by atoms with Gasteiger partial charge in [-0.05, 0) is 53.1 Å². The highest BCUT2D eigenvalue weighted by Crippen LogP contribution is 2.40. The first-order valence-electron chi connectivity index (χ1n) is 9.45. The van der Waals surface area contributed by atoms with Crippen LogP contribution in [-0.2, 0) is 0 Å². The van der Waals surface area contributed by atoms with E-state index >= 15 is 0 Å². The van der Waals surface area contributed by atoms with E-state index < -0.39 is 0 Å². The van der Waals surface area contributed by atoms with Crippen molar-refractivity contribution in [2.24, 2.45) is 11.7 Å². The second-order valence-electron chi connectivity index (χ2n) is 7.39. The van der Waals surface area contributed by atoms with Crippen molar-refractivity contribution >= 4 is 44.7 Å². The number of nitrogens with two attached hydrogens (primary N) is 1. The average Bonchev–Trinajstić information content (AvgIpc) is 3.19. The van der Waals surface area contributed by atoms with Crippen LogP contribution in [0, 0.1) is 5.92 Å². The zero-order valence-electron chi connectivity index (χ0n) is 16.7. The summed E-state index contributed by atoms with van der Waals surface area (Å²) in [5.74, 6) is 1.61. The molecule has 2 aromatic carbocycles. The predicted molar refractivity (Wildman–Crippen MR) is 126 cm³/mol. The summed E-state index contributed by atoms with van der Waals surface area (Å²) in [6.07, 6.45) is 0. The quantitative estimate of drug-likeness (QED) is 0.438. The summed E-state index contributed by atoms with van der Waals surface area (Å²) < 4.78 is 6.43. The Bertz CT molecular complexity index is 1200. The number of benzene rings is 2. The van der Waals surface area contributed by atoms with E-state index in [2.05, 4.69) is 43.1 Å². The fraction of sp³-hybridized carbons (Fsp3) is 0.261. The highest BCUT2D eigenvalue weighted by Gasteiger charge is 2.18. The zero-order valence-corrected chi connectivity index (χ0v) is 18.3. The lowest BCUT2D eigenvalue weighted by atomic mass is 9.87. The lowest BCUT2D eigenvalue weighted by Crippen LogP contribution is -2.17. The fourth-order valence-electron chi connectivity index (χ4n) is 3.98. The minimum absolute atomic E-state index is 0. The van der Waals surface area contributed by atoms with Crippen LogP contribution in [-0.4, -0.2) is 18.6 Å². The minimum atomic E-state index is -0.0494. The second-order valence-corrected chi connectivity index (χ2v) is 8.31. The molecule has 0 aliphatic heterocycles. The van der Waals surface area contributed by atoms with E-state index in [0.717, 1.165) is 37.9 Å². The molecule has 0 saturated carbocycles. The van der Waals surface area contributed by atoms with Gasteiger partial charge < -0.3 is 15.5 Å². The van der Waals surface area contributed by atoms with Gasteiger partial charge in [0.1, 0.15) is 10.4 Å². The van der Waals surface area contributed by atoms with Crippen LogP contribution in [0.2, 0.25) is 0 Å². The molecule has 0 spiro atoms. The standard InChI is InChI=1S/C23H24N2O2S.ClH/c1-13(2)17(12-24)14-4-6-15(7-5-14)20-19(27-3)9-8-18-21(20)16-10-11-28-22(16)23(26)25-18;/h4-11,13,17H,12,24H2,1-3H3,(H,25,26);1H. The maximum Gasteiger partial charge on any atom is 0.266 e. The molecule has 0 radical (unpaired) electrons. The van der Waals surface area contributed by atoms with Gasteiger partial charge in [-0.2, -0.15) is 0 Å². The first kappa shape index (κ1) is 21.4. The Morgan fingerprint density at radius 3 is 2.45 bits per heavy atom. The topological polar surface area (TPSA) is 68.1 Å². The molecule has 3 N–H and O–H groups in total. The number of fused-ring (bicyclic) bond motifs is 3. The van der Waals surface area contributed by atoms with Gasteiger partial charge in [0.25, 0.3) is 5.56 Å². The lowest BCUT2D eigenvalue weighted by molar-refractivity contribution is 0.417. The van der Waals surface area contributed by atoms with Gasteiger partial charge in [-0.25, -0.2) is 0 Å². The molecule has 0 saturated heterocycles. The van der Waals surface area contributed by atoms with Crippen LogP contribution >= 0.6 is 23.7 Å². The molecule has 4 aromatic rings. The van der Waals surface area contributed by atoms with E-state index in [1.807, 2.05) is 23.6 Å². The number of aromatic nitrogens is 1. The highest BCUT2D eigenvalue weighted by molar-refractivity contribution is 7.17. The van der Waals surface area contributed by atoms with Gasteiger partial charge in [-0.1, -0.05) is 38.1 Å². The van der Waals surface area contributed by atoms with Crippen LogP contribution in [0.4, 0.5) is 0 Å². The normalized spacial score (nSPS) is 12.3. The number of rotatable bonds is 5. The van der Waals surface area contributed by atoms with E-state index in [1.165, 1.54) is 16.9 Å². The Balaban J connectivity index is 0.00000240. The minimum Gasteiger partial charge on any atom is -0.496 e. The Hall–Kier alpha value is -2.34. The van der Waals surface area contributed by atoms with Gasteiger partial charge in [-0.3, -0.25) is 4.79 Å². The van der Waals surface area contributed by atoms with Gasteiger partial charge in [0.15, 0.2) is 0 Å². The molecular weight excluding hydrogens is 404 g/mol. The summed E-state index contributed by atoms with van der Waals surface area (Å²) in [5.41, 5.74) is 10.1. The van der Waals surface area contributed by atoms with Gasteiger partial charge in [0, 0.05) is 21.9 Å². The molecule has 1 unspecified atom stereocenters. The molecule has 29 heavy (non-hydrogen) atoms. The molecule has 4 nitrogen and oxygen atoms in total. The van der Waals surface area contributed by atoms with Crippen molar-refractivity contribution < 1.29 is 4.74 Å².